The quantitative estimate of drug-likeness (QED) is 0.337. The number of unbranched alkanes of at least 4 members (excludes halogenated alkanes) is 1. The molecule has 0 heterocycles. The molecule has 1 N–H and O–H groups in total. The lowest BCUT2D eigenvalue weighted by Crippen LogP contribution is -2.17. The maximum Gasteiger partial charge on any atom is 0.160 e. The van der Waals surface area contributed by atoms with Gasteiger partial charge in [0.15, 0.2) is 5.44 Å². The van der Waals surface area contributed by atoms with Crippen LogP contribution in [0.5, 0.6) is 0 Å². The zero-order valence-corrected chi connectivity index (χ0v) is 10.9. The summed E-state index contributed by atoms with van der Waals surface area (Å²) in [4.78, 5) is 0. The van der Waals surface area contributed by atoms with Gasteiger partial charge < -0.3 is 5.11 Å². The Labute approximate surface area is 87.3 Å². The van der Waals surface area contributed by atoms with Gasteiger partial charge in [-0.1, -0.05) is 38.9 Å². The number of hydrogen-bond donors (Lipinski definition) is 1. The summed E-state index contributed by atoms with van der Waals surface area (Å²) in [7, 11) is -1.30. The van der Waals surface area contributed by atoms with Crippen LogP contribution >= 0.6 is 11.8 Å². The van der Waals surface area contributed by atoms with Crippen molar-refractivity contribution in [2.75, 3.05) is 5.75 Å². The highest BCUT2D eigenvalue weighted by atomic mass is 32.2. The Morgan fingerprint density at radius 1 is 1.38 bits per heavy atom. The molecule has 1 unspecified atom stereocenters. The standard InChI is InChI=1S/C10H20OSSi/c1-5-6-8-12-10(11)7-9-13(2,3)4/h10-11H,5-6,8H2,1-4H3. The van der Waals surface area contributed by atoms with E-state index in [1.165, 1.54) is 6.42 Å². The molecule has 0 saturated carbocycles. The van der Waals surface area contributed by atoms with Gasteiger partial charge in [-0.2, -0.15) is 0 Å². The maximum absolute atomic E-state index is 9.45. The molecule has 0 fully saturated rings. The summed E-state index contributed by atoms with van der Waals surface area (Å²) in [6, 6.07) is 0. The predicted octanol–water partition coefficient (Wildman–Crippen LogP) is 2.72. The maximum atomic E-state index is 9.45. The van der Waals surface area contributed by atoms with E-state index < -0.39 is 13.5 Å². The van der Waals surface area contributed by atoms with Crippen LogP contribution in [0.2, 0.25) is 19.6 Å². The van der Waals surface area contributed by atoms with Gasteiger partial charge in [0.2, 0.25) is 0 Å². The number of aliphatic hydroxyl groups excluding tert-OH is 1. The van der Waals surface area contributed by atoms with Crippen molar-refractivity contribution in [3.63, 3.8) is 0 Å². The smallest absolute Gasteiger partial charge is 0.160 e. The molecular formula is C10H20OSSi. The SMILES string of the molecule is CCCCSC(O)C#C[Si](C)(C)C. The summed E-state index contributed by atoms with van der Waals surface area (Å²) in [6.45, 7) is 8.71. The minimum Gasteiger partial charge on any atom is -0.371 e. The van der Waals surface area contributed by atoms with Crippen molar-refractivity contribution in [1.82, 2.24) is 0 Å². The summed E-state index contributed by atoms with van der Waals surface area (Å²) in [5.41, 5.74) is 2.69. The van der Waals surface area contributed by atoms with Gasteiger partial charge in [0, 0.05) is 0 Å². The van der Waals surface area contributed by atoms with E-state index in [9.17, 15) is 5.11 Å². The van der Waals surface area contributed by atoms with Crippen molar-refractivity contribution in [2.45, 2.75) is 44.8 Å². The molecule has 0 aliphatic rings. The number of hydrogen-bond acceptors (Lipinski definition) is 2. The topological polar surface area (TPSA) is 20.2 Å². The Balaban J connectivity index is 3.71. The second kappa shape index (κ2) is 6.53. The van der Waals surface area contributed by atoms with E-state index in [1.807, 2.05) is 0 Å². The van der Waals surface area contributed by atoms with Crippen LogP contribution in [0.1, 0.15) is 19.8 Å². The molecule has 13 heavy (non-hydrogen) atoms. The van der Waals surface area contributed by atoms with Crippen LogP contribution < -0.4 is 0 Å². The molecule has 0 spiro atoms. The summed E-state index contributed by atoms with van der Waals surface area (Å²) in [6.07, 6.45) is 2.34. The van der Waals surface area contributed by atoms with E-state index in [0.29, 0.717) is 0 Å². The van der Waals surface area contributed by atoms with Gasteiger partial charge in [0.25, 0.3) is 0 Å². The molecule has 0 rings (SSSR count). The Kier molecular flexibility index (Phi) is 6.57. The zero-order valence-electron chi connectivity index (χ0n) is 9.05. The lowest BCUT2D eigenvalue weighted by Gasteiger charge is -2.06. The Hall–Kier alpha value is 0.0869. The van der Waals surface area contributed by atoms with E-state index >= 15 is 0 Å². The first-order valence-electron chi connectivity index (χ1n) is 4.78. The van der Waals surface area contributed by atoms with Crippen LogP contribution in [0, 0.1) is 11.5 Å². The third-order valence-corrected chi connectivity index (χ3v) is 3.20. The first kappa shape index (κ1) is 13.1. The van der Waals surface area contributed by atoms with Crippen molar-refractivity contribution in [2.24, 2.45) is 0 Å². The van der Waals surface area contributed by atoms with E-state index in [0.717, 1.165) is 12.2 Å². The molecule has 0 amide bonds. The summed E-state index contributed by atoms with van der Waals surface area (Å²) < 4.78 is 0. The van der Waals surface area contributed by atoms with Gasteiger partial charge in [0.05, 0.1) is 0 Å². The molecule has 0 aromatic rings. The average molecular weight is 216 g/mol. The van der Waals surface area contributed by atoms with Gasteiger partial charge in [-0.15, -0.1) is 17.3 Å². The van der Waals surface area contributed by atoms with Crippen LogP contribution in [0.3, 0.4) is 0 Å². The molecule has 0 aliphatic carbocycles. The molecule has 0 radical (unpaired) electrons. The van der Waals surface area contributed by atoms with E-state index in [2.05, 4.69) is 38.0 Å². The van der Waals surface area contributed by atoms with Crippen molar-refractivity contribution < 1.29 is 5.11 Å². The van der Waals surface area contributed by atoms with Crippen LogP contribution in [-0.4, -0.2) is 24.4 Å². The van der Waals surface area contributed by atoms with E-state index in [1.54, 1.807) is 11.8 Å². The van der Waals surface area contributed by atoms with Crippen molar-refractivity contribution in [1.29, 1.82) is 0 Å². The van der Waals surface area contributed by atoms with Crippen LogP contribution in [0.25, 0.3) is 0 Å². The summed E-state index contributed by atoms with van der Waals surface area (Å²) >= 11 is 1.55. The highest BCUT2D eigenvalue weighted by Crippen LogP contribution is 2.10. The Morgan fingerprint density at radius 3 is 2.46 bits per heavy atom. The van der Waals surface area contributed by atoms with Crippen LogP contribution in [0.4, 0.5) is 0 Å². The fraction of sp³-hybridized carbons (Fsp3) is 0.800. The molecule has 76 valence electrons. The molecule has 3 heteroatoms. The first-order chi connectivity index (χ1) is 5.95. The fourth-order valence-electron chi connectivity index (χ4n) is 0.659. The van der Waals surface area contributed by atoms with Gasteiger partial charge in [0.1, 0.15) is 8.07 Å². The summed E-state index contributed by atoms with van der Waals surface area (Å²) in [5, 5.41) is 9.45. The largest absolute Gasteiger partial charge is 0.371 e. The molecule has 0 bridgehead atoms. The molecule has 1 atom stereocenters. The number of aliphatic hydroxyl groups is 1. The van der Waals surface area contributed by atoms with Gasteiger partial charge in [-0.3, -0.25) is 0 Å². The van der Waals surface area contributed by atoms with Crippen molar-refractivity contribution >= 4 is 19.8 Å². The minimum absolute atomic E-state index is 0.474. The molecule has 1 nitrogen and oxygen atoms in total. The first-order valence-corrected chi connectivity index (χ1v) is 9.33. The molecule has 0 saturated heterocycles. The second-order valence-electron chi connectivity index (χ2n) is 4.10. The van der Waals surface area contributed by atoms with Crippen molar-refractivity contribution in [3.05, 3.63) is 0 Å². The van der Waals surface area contributed by atoms with Gasteiger partial charge >= 0.3 is 0 Å². The molecule has 0 aromatic heterocycles. The van der Waals surface area contributed by atoms with Crippen LogP contribution in [0.15, 0.2) is 0 Å². The average Bonchev–Trinajstić information content (AvgIpc) is 2.00. The summed E-state index contributed by atoms with van der Waals surface area (Å²) in [5.74, 6) is 3.92. The Bertz CT molecular complexity index is 187. The normalized spacial score (nSPS) is 13.3. The van der Waals surface area contributed by atoms with Gasteiger partial charge in [-0.05, 0) is 12.2 Å². The highest BCUT2D eigenvalue weighted by Gasteiger charge is 2.08. The Morgan fingerprint density at radius 2 is 2.00 bits per heavy atom. The predicted molar refractivity (Wildman–Crippen MR) is 64.5 cm³/mol. The lowest BCUT2D eigenvalue weighted by molar-refractivity contribution is 0.318. The number of thioether (sulfide) groups is 1. The number of rotatable bonds is 4. The fourth-order valence-corrected chi connectivity index (χ4v) is 2.15. The monoisotopic (exact) mass is 216 g/mol. The lowest BCUT2D eigenvalue weighted by atomic mass is 10.4. The van der Waals surface area contributed by atoms with Crippen molar-refractivity contribution in [3.8, 4) is 11.5 Å². The zero-order chi connectivity index (χ0) is 10.3. The van der Waals surface area contributed by atoms with Crippen LogP contribution in [-0.2, 0) is 0 Å². The van der Waals surface area contributed by atoms with E-state index in [4.69, 9.17) is 0 Å². The van der Waals surface area contributed by atoms with E-state index in [-0.39, 0.29) is 0 Å². The third-order valence-electron chi connectivity index (χ3n) is 1.34. The van der Waals surface area contributed by atoms with Gasteiger partial charge in [-0.25, -0.2) is 0 Å². The molecule has 0 aliphatic heterocycles. The highest BCUT2D eigenvalue weighted by molar-refractivity contribution is 7.99. The molecular weight excluding hydrogens is 196 g/mol. The minimum atomic E-state index is -1.30. The third kappa shape index (κ3) is 10.0. The second-order valence-corrected chi connectivity index (χ2v) is 10.0. The molecule has 0 aromatic carbocycles.